The Bertz CT molecular complexity index is 4130. The quantitative estimate of drug-likeness (QED) is 0.0127. The Balaban J connectivity index is 1.83. The number of para-hydroxylation sites is 1. The molecule has 2 aromatic rings. The SMILES string of the molecule is CSCC[C@H](NC(=O)[C@H](CCC(=O)O)NC(=O)CNC(=O)[C@H](CS)NC(=O)[C@H](CC(=O)O)NC(=O)CNC(=O)[C@@H](N)CCCNC(=N)N)C(=O)NCC(=O)N[C@@H](Cc1c[nH]c2ccccc12)C(=O)N[C@H](C(=O)N[C@@H](CCCNC(=N)N)C(=O)N[C@@H](CC(=O)O)C(=O)N[C@@H](C)C(=O)N[C@@H](CC(=O)O)C(=O)N[C@@H](CC(C)C)C(=O)N1CCC[C@H]1C(=O)O)C(C)C. The minimum absolute atomic E-state index is 0.0285. The van der Waals surface area contributed by atoms with E-state index in [9.17, 15) is 121 Å². The molecule has 0 aliphatic carbocycles. The van der Waals surface area contributed by atoms with Crippen LogP contribution >= 0.6 is 24.4 Å². The lowest BCUT2D eigenvalue weighted by Gasteiger charge is -2.29. The molecule has 48 nitrogen and oxygen atoms in total. The number of hydrogen-bond acceptors (Lipinski definition) is 25. The first-order chi connectivity index (χ1) is 57.9. The zero-order valence-corrected chi connectivity index (χ0v) is 70.3. The number of nitrogens with one attached hydrogen (secondary N) is 19. The van der Waals surface area contributed by atoms with Crippen molar-refractivity contribution in [3.63, 3.8) is 0 Å². The van der Waals surface area contributed by atoms with Crippen LogP contribution in [0.3, 0.4) is 0 Å². The molecule has 13 atom stereocenters. The number of rotatable bonds is 56. The van der Waals surface area contributed by atoms with E-state index in [2.05, 4.69) is 103 Å². The van der Waals surface area contributed by atoms with E-state index in [-0.39, 0.29) is 82.2 Å². The first-order valence-electron chi connectivity index (χ1n) is 39.0. The molecule has 3 rings (SSSR count). The molecule has 0 unspecified atom stereocenters. The van der Waals surface area contributed by atoms with Gasteiger partial charge in [0.2, 0.25) is 88.6 Å². The van der Waals surface area contributed by atoms with Gasteiger partial charge in [-0.1, -0.05) is 45.9 Å². The summed E-state index contributed by atoms with van der Waals surface area (Å²) in [6.45, 7) is 5.03. The molecule has 1 aromatic heterocycles. The highest BCUT2D eigenvalue weighted by Gasteiger charge is 2.41. The highest BCUT2D eigenvalue weighted by Crippen LogP contribution is 2.23. The highest BCUT2D eigenvalue weighted by atomic mass is 32.2. The monoisotopic (exact) mass is 1780 g/mol. The van der Waals surface area contributed by atoms with Gasteiger partial charge in [-0.25, -0.2) is 4.79 Å². The van der Waals surface area contributed by atoms with Crippen LogP contribution in [0, 0.1) is 22.7 Å². The Kier molecular flexibility index (Phi) is 45.2. The molecule has 30 N–H and O–H groups in total. The first kappa shape index (κ1) is 105. The van der Waals surface area contributed by atoms with Crippen LogP contribution in [0.2, 0.25) is 0 Å². The number of carboxylic acids is 5. The molecule has 682 valence electrons. The van der Waals surface area contributed by atoms with Crippen LogP contribution in [-0.4, -0.2) is 301 Å². The Morgan fingerprint density at radius 3 is 1.46 bits per heavy atom. The van der Waals surface area contributed by atoms with Crippen molar-refractivity contribution in [2.75, 3.05) is 57.0 Å². The predicted molar refractivity (Wildman–Crippen MR) is 441 cm³/mol. The number of carboxylic acid groups (broad SMARTS) is 5. The number of carbonyl (C=O) groups excluding carboxylic acids is 15. The van der Waals surface area contributed by atoms with Crippen molar-refractivity contribution in [1.29, 1.82) is 10.8 Å². The normalized spacial score (nSPS) is 15.2. The van der Waals surface area contributed by atoms with Crippen molar-refractivity contribution < 1.29 is 121 Å². The number of hydrogen-bond donors (Lipinski definition) is 28. The molecule has 123 heavy (non-hydrogen) atoms. The number of H-pyrrole nitrogens is 1. The zero-order chi connectivity index (χ0) is 92.5. The molecular weight excluding hydrogens is 1660 g/mol. The smallest absolute Gasteiger partial charge is 0.326 e. The summed E-state index contributed by atoms with van der Waals surface area (Å²) in [5.41, 5.74) is 17.6. The van der Waals surface area contributed by atoms with Gasteiger partial charge in [0.1, 0.15) is 72.5 Å². The Morgan fingerprint density at radius 2 is 0.943 bits per heavy atom. The molecular formula is C73H113N23O25S2. The standard InChI is InChI=1S/C73H113N23O25S2/c1-34(2)24-48(70(119)96-22-11-16-50(96)71(120)121)93-67(116)47(28-57(106)107)91-59(108)36(5)85-65(114)46(27-56(104)105)92-63(112)41(15-10-21-80-73(77)78)90-69(118)58(35(3)4)95-68(117)44(25-37-29-81-40-14-8-7-12-38(37)40)87-53(99)32-83-61(110)43(19-23-123-6)89-64(113)42(17-18-54(100)101)86-51(97)31-84-62(111)49(33-122)94-66(115)45(26-55(102)103)88-52(98)30-82-60(109)39(74)13-9-20-79-72(75)76/h7-8,12,14,29,34-36,39,41-50,58,81,122H,9-11,13,15-28,30-33,74H2,1-6H3,(H,82,109)(H,83,110)(H,84,111)(H,85,114)(H,86,97)(H,87,99)(H,88,98)(H,89,113)(H,90,118)(H,91,108)(H,92,112)(H,93,116)(H,94,115)(H,95,117)(H,100,101)(H,102,103)(H,104,105)(H,106,107)(H,120,121)(H4,75,76,79)(H4,77,78,80)/t36-,39-,41-,42-,43-,44-,45-,46-,47-,48-,49-,50-,58-/m0/s1. The van der Waals surface area contributed by atoms with E-state index in [0.29, 0.717) is 29.3 Å². The number of nitrogens with zero attached hydrogens (tertiary/aromatic N) is 1. The molecule has 2 heterocycles. The van der Waals surface area contributed by atoms with E-state index < -0.39 is 266 Å². The maximum atomic E-state index is 14.7. The van der Waals surface area contributed by atoms with Gasteiger partial charge in [-0.05, 0) is 100 Å². The van der Waals surface area contributed by atoms with Gasteiger partial charge in [0, 0.05) is 55.3 Å². The molecule has 0 saturated carbocycles. The van der Waals surface area contributed by atoms with Gasteiger partial charge in [-0.3, -0.25) is 102 Å². The van der Waals surface area contributed by atoms with Crippen LogP contribution in [0.15, 0.2) is 30.5 Å². The summed E-state index contributed by atoms with van der Waals surface area (Å²) in [6.07, 6.45) is -1.33. The lowest BCUT2D eigenvalue weighted by atomic mass is 9.99. The Morgan fingerprint density at radius 1 is 0.504 bits per heavy atom. The highest BCUT2D eigenvalue weighted by molar-refractivity contribution is 7.98. The Labute approximate surface area is 714 Å². The zero-order valence-electron chi connectivity index (χ0n) is 68.5. The van der Waals surface area contributed by atoms with E-state index in [1.54, 1.807) is 50.6 Å². The number of aromatic amines is 1. The molecule has 1 saturated heterocycles. The van der Waals surface area contributed by atoms with Gasteiger partial charge < -0.3 is 138 Å². The lowest BCUT2D eigenvalue weighted by molar-refractivity contribution is -0.150. The van der Waals surface area contributed by atoms with E-state index >= 15 is 0 Å². The summed E-state index contributed by atoms with van der Waals surface area (Å²) in [6, 6.07) is -14.1. The summed E-state index contributed by atoms with van der Waals surface area (Å²) in [5.74, 6) is -25.9. The van der Waals surface area contributed by atoms with Crippen molar-refractivity contribution in [2.24, 2.45) is 29.0 Å². The third kappa shape index (κ3) is 38.3. The number of aromatic nitrogens is 1. The van der Waals surface area contributed by atoms with Gasteiger partial charge in [-0.15, -0.1) is 0 Å². The average Bonchev–Trinajstić information content (AvgIpc) is 1.71. The minimum atomic E-state index is -2.04. The van der Waals surface area contributed by atoms with Gasteiger partial charge in [0.25, 0.3) is 0 Å². The second-order valence-corrected chi connectivity index (χ2v) is 30.7. The number of thioether (sulfide) groups is 1. The summed E-state index contributed by atoms with van der Waals surface area (Å²) < 4.78 is 0. The summed E-state index contributed by atoms with van der Waals surface area (Å²) in [4.78, 5) is 270. The van der Waals surface area contributed by atoms with Crippen molar-refractivity contribution in [2.45, 2.75) is 203 Å². The van der Waals surface area contributed by atoms with Crippen molar-refractivity contribution in [3.8, 4) is 0 Å². The molecule has 1 aromatic carbocycles. The number of benzene rings is 1. The van der Waals surface area contributed by atoms with Crippen LogP contribution in [0.5, 0.6) is 0 Å². The number of thiol groups is 1. The Hall–Kier alpha value is -12.6. The second kappa shape index (κ2) is 53.2. The number of fused-ring (bicyclic) bond motifs is 1. The van der Waals surface area contributed by atoms with E-state index in [1.807, 2.05) is 0 Å². The minimum Gasteiger partial charge on any atom is -0.481 e. The molecule has 0 radical (unpaired) electrons. The van der Waals surface area contributed by atoms with Gasteiger partial charge in [0.15, 0.2) is 11.9 Å². The lowest BCUT2D eigenvalue weighted by Crippen LogP contribution is -2.61. The molecule has 1 aliphatic heterocycles. The average molecular weight is 1780 g/mol. The molecule has 1 aliphatic rings. The topological polar surface area (TPSA) is 780 Å². The molecule has 0 spiro atoms. The first-order valence-corrected chi connectivity index (χ1v) is 41.0. The fourth-order valence-electron chi connectivity index (χ4n) is 12.2. The van der Waals surface area contributed by atoms with Gasteiger partial charge in [0.05, 0.1) is 44.9 Å². The number of nitrogens with two attached hydrogens (primary N) is 3. The third-order valence-electron chi connectivity index (χ3n) is 18.5. The van der Waals surface area contributed by atoms with Gasteiger partial charge in [-0.2, -0.15) is 24.4 Å². The predicted octanol–water partition coefficient (Wildman–Crippen LogP) is -7.98. The fraction of sp³-hybridized carbons (Fsp3) is 0.589. The summed E-state index contributed by atoms with van der Waals surface area (Å²) >= 11 is 5.28. The van der Waals surface area contributed by atoms with Crippen molar-refractivity contribution >= 4 is 166 Å². The van der Waals surface area contributed by atoms with Crippen LogP contribution in [-0.2, 0) is 102 Å². The van der Waals surface area contributed by atoms with Crippen molar-refractivity contribution in [3.05, 3.63) is 36.0 Å². The maximum Gasteiger partial charge on any atom is 0.326 e. The number of carbonyl (C=O) groups is 20. The molecule has 50 heteroatoms. The van der Waals surface area contributed by atoms with E-state index in [4.69, 9.17) is 28.0 Å². The summed E-state index contributed by atoms with van der Waals surface area (Å²) in [5, 5.41) is 102. The molecule has 1 fully saturated rings. The van der Waals surface area contributed by atoms with Crippen LogP contribution in [0.1, 0.15) is 124 Å². The van der Waals surface area contributed by atoms with Gasteiger partial charge >= 0.3 is 29.8 Å². The summed E-state index contributed by atoms with van der Waals surface area (Å²) in [7, 11) is 0. The number of guanidine groups is 2. The van der Waals surface area contributed by atoms with Crippen molar-refractivity contribution in [1.82, 2.24) is 95.0 Å². The van der Waals surface area contributed by atoms with Crippen LogP contribution < -0.4 is 102 Å². The fourth-order valence-corrected chi connectivity index (χ4v) is 12.9. The largest absolute Gasteiger partial charge is 0.481 e. The van der Waals surface area contributed by atoms with E-state index in [0.717, 1.165) is 11.8 Å². The number of likely N-dealkylation sites (tertiary alicyclic amines) is 1. The van der Waals surface area contributed by atoms with Crippen LogP contribution in [0.4, 0.5) is 0 Å². The van der Waals surface area contributed by atoms with Crippen LogP contribution in [0.25, 0.3) is 10.9 Å². The second-order valence-electron chi connectivity index (χ2n) is 29.3. The van der Waals surface area contributed by atoms with E-state index in [1.165, 1.54) is 25.6 Å². The molecule has 15 amide bonds. The molecule has 0 bridgehead atoms. The number of amides is 15. The number of aliphatic carboxylic acids is 5. The third-order valence-corrected chi connectivity index (χ3v) is 19.5. The maximum absolute atomic E-state index is 14.7.